The molecule has 1 rings (SSSR count). The van der Waals surface area contributed by atoms with Gasteiger partial charge in [0.25, 0.3) is 0 Å². The number of anilines is 1. The van der Waals surface area contributed by atoms with E-state index >= 15 is 0 Å². The maximum atomic E-state index is 11.6. The van der Waals surface area contributed by atoms with Gasteiger partial charge in [-0.25, -0.2) is 0 Å². The van der Waals surface area contributed by atoms with E-state index in [1.807, 2.05) is 32.0 Å². The van der Waals surface area contributed by atoms with E-state index in [4.69, 9.17) is 15.2 Å². The minimum Gasteiger partial charge on any atom is -0.494 e. The summed E-state index contributed by atoms with van der Waals surface area (Å²) in [5, 5.41) is 2.81. The quantitative estimate of drug-likeness (QED) is 0.705. The number of nitrogens with one attached hydrogen (secondary N) is 1. The largest absolute Gasteiger partial charge is 0.494 e. The van der Waals surface area contributed by atoms with Gasteiger partial charge in [-0.3, -0.25) is 4.79 Å². The molecule has 0 radical (unpaired) electrons. The van der Waals surface area contributed by atoms with Crippen LogP contribution in [0.1, 0.15) is 25.8 Å². The predicted molar refractivity (Wildman–Crippen MR) is 75.2 cm³/mol. The maximum Gasteiger partial charge on any atom is 0.226 e. The fourth-order valence-electron chi connectivity index (χ4n) is 1.65. The molecule has 0 bridgehead atoms. The fraction of sp³-hybridized carbons (Fsp3) is 0.500. The maximum absolute atomic E-state index is 11.6. The highest BCUT2D eigenvalue weighted by Crippen LogP contribution is 2.22. The normalized spacial score (nSPS) is 10.3. The number of hydrogen-bond acceptors (Lipinski definition) is 4. The average molecular weight is 266 g/mol. The van der Waals surface area contributed by atoms with Crippen LogP contribution in [0.3, 0.4) is 0 Å². The van der Waals surface area contributed by atoms with E-state index in [0.717, 1.165) is 17.0 Å². The summed E-state index contributed by atoms with van der Waals surface area (Å²) in [5.41, 5.74) is 7.27. The van der Waals surface area contributed by atoms with Gasteiger partial charge in [0.1, 0.15) is 5.75 Å². The highest BCUT2D eigenvalue weighted by atomic mass is 16.5. The molecule has 0 aliphatic rings. The smallest absolute Gasteiger partial charge is 0.226 e. The highest BCUT2D eigenvalue weighted by Gasteiger charge is 2.06. The van der Waals surface area contributed by atoms with E-state index in [2.05, 4.69) is 5.32 Å². The predicted octanol–water partition coefficient (Wildman–Crippen LogP) is 1.91. The number of carbonyl (C=O) groups is 1. The van der Waals surface area contributed by atoms with E-state index in [9.17, 15) is 4.79 Å². The van der Waals surface area contributed by atoms with E-state index in [1.54, 1.807) is 0 Å². The zero-order valence-electron chi connectivity index (χ0n) is 11.6. The van der Waals surface area contributed by atoms with Gasteiger partial charge in [0, 0.05) is 24.4 Å². The van der Waals surface area contributed by atoms with E-state index in [-0.39, 0.29) is 5.91 Å². The number of nitrogens with two attached hydrogens (primary N) is 1. The van der Waals surface area contributed by atoms with Crippen molar-refractivity contribution in [2.45, 2.75) is 26.8 Å². The third kappa shape index (κ3) is 5.28. The minimum absolute atomic E-state index is 0.0689. The van der Waals surface area contributed by atoms with E-state index in [0.29, 0.717) is 32.8 Å². The van der Waals surface area contributed by atoms with Crippen LogP contribution in [-0.2, 0) is 16.1 Å². The zero-order valence-corrected chi connectivity index (χ0v) is 11.6. The summed E-state index contributed by atoms with van der Waals surface area (Å²) in [5.74, 6) is 0.692. The zero-order chi connectivity index (χ0) is 14.1. The number of hydrogen-bond donors (Lipinski definition) is 2. The van der Waals surface area contributed by atoms with Crippen molar-refractivity contribution in [3.05, 3.63) is 23.8 Å². The van der Waals surface area contributed by atoms with Gasteiger partial charge in [0.15, 0.2) is 0 Å². The molecule has 3 N–H and O–H groups in total. The molecular formula is C14H22N2O3. The molecule has 1 aromatic carbocycles. The van der Waals surface area contributed by atoms with E-state index in [1.165, 1.54) is 0 Å². The highest BCUT2D eigenvalue weighted by molar-refractivity contribution is 5.90. The van der Waals surface area contributed by atoms with Gasteiger partial charge in [-0.05, 0) is 32.0 Å². The molecular weight excluding hydrogens is 244 g/mol. The average Bonchev–Trinajstić information content (AvgIpc) is 2.41. The lowest BCUT2D eigenvalue weighted by molar-refractivity contribution is -0.117. The van der Waals surface area contributed by atoms with Crippen molar-refractivity contribution < 1.29 is 14.3 Å². The van der Waals surface area contributed by atoms with Crippen LogP contribution in [0.4, 0.5) is 5.69 Å². The van der Waals surface area contributed by atoms with Crippen molar-refractivity contribution in [1.82, 2.24) is 0 Å². The van der Waals surface area contributed by atoms with Crippen LogP contribution in [0.15, 0.2) is 18.2 Å². The third-order valence-corrected chi connectivity index (χ3v) is 2.54. The van der Waals surface area contributed by atoms with Gasteiger partial charge in [-0.2, -0.15) is 0 Å². The Labute approximate surface area is 114 Å². The van der Waals surface area contributed by atoms with Crippen LogP contribution >= 0.6 is 0 Å². The van der Waals surface area contributed by atoms with Gasteiger partial charge in [-0.1, -0.05) is 0 Å². The molecule has 0 fully saturated rings. The summed E-state index contributed by atoms with van der Waals surface area (Å²) >= 11 is 0. The molecule has 0 aliphatic heterocycles. The number of rotatable bonds is 8. The van der Waals surface area contributed by atoms with Crippen molar-refractivity contribution in [2.24, 2.45) is 5.73 Å². The second-order valence-corrected chi connectivity index (χ2v) is 3.95. The van der Waals surface area contributed by atoms with Crippen molar-refractivity contribution in [3.8, 4) is 5.75 Å². The number of amides is 1. The third-order valence-electron chi connectivity index (χ3n) is 2.54. The molecule has 0 aliphatic carbocycles. The Hall–Kier alpha value is -1.59. The number of ether oxygens (including phenoxy) is 2. The summed E-state index contributed by atoms with van der Waals surface area (Å²) < 4.78 is 10.6. The summed E-state index contributed by atoms with van der Waals surface area (Å²) in [6, 6.07) is 5.47. The van der Waals surface area contributed by atoms with Gasteiger partial charge in [-0.15, -0.1) is 0 Å². The summed E-state index contributed by atoms with van der Waals surface area (Å²) in [4.78, 5) is 11.6. The second kappa shape index (κ2) is 8.50. The van der Waals surface area contributed by atoms with Gasteiger partial charge >= 0.3 is 0 Å². The van der Waals surface area contributed by atoms with Gasteiger partial charge in [0.2, 0.25) is 5.91 Å². The van der Waals surface area contributed by atoms with Gasteiger partial charge < -0.3 is 20.5 Å². The Balaban J connectivity index is 2.61. The summed E-state index contributed by atoms with van der Waals surface area (Å²) in [6.07, 6.45) is 0.346. The lowest BCUT2D eigenvalue weighted by atomic mass is 10.1. The SMILES string of the molecule is CCOCCC(=O)Nc1ccc(OCC)c(CN)c1. The molecule has 1 amide bonds. The second-order valence-electron chi connectivity index (χ2n) is 3.95. The first-order valence-corrected chi connectivity index (χ1v) is 6.54. The van der Waals surface area contributed by atoms with Crippen molar-refractivity contribution in [1.29, 1.82) is 0 Å². The topological polar surface area (TPSA) is 73.6 Å². The molecule has 0 saturated heterocycles. The summed E-state index contributed by atoms with van der Waals surface area (Å²) in [6.45, 7) is 5.84. The van der Waals surface area contributed by atoms with Crippen molar-refractivity contribution in [3.63, 3.8) is 0 Å². The number of carbonyl (C=O) groups excluding carboxylic acids is 1. The molecule has 0 unspecified atom stereocenters. The minimum atomic E-state index is -0.0689. The molecule has 1 aromatic rings. The first-order chi connectivity index (χ1) is 9.21. The monoisotopic (exact) mass is 266 g/mol. The Bertz CT molecular complexity index is 408. The molecule has 0 spiro atoms. The Morgan fingerprint density at radius 3 is 2.74 bits per heavy atom. The lowest BCUT2D eigenvalue weighted by Gasteiger charge is -2.11. The van der Waals surface area contributed by atoms with E-state index < -0.39 is 0 Å². The molecule has 0 saturated carbocycles. The molecule has 106 valence electrons. The van der Waals surface area contributed by atoms with Crippen molar-refractivity contribution in [2.75, 3.05) is 25.1 Å². The number of benzene rings is 1. The van der Waals surface area contributed by atoms with Crippen LogP contribution in [0.2, 0.25) is 0 Å². The van der Waals surface area contributed by atoms with Crippen molar-refractivity contribution >= 4 is 11.6 Å². The molecule has 0 atom stereocenters. The van der Waals surface area contributed by atoms with Crippen LogP contribution < -0.4 is 15.8 Å². The first kappa shape index (κ1) is 15.5. The molecule has 5 heteroatoms. The summed E-state index contributed by atoms with van der Waals surface area (Å²) in [7, 11) is 0. The fourth-order valence-corrected chi connectivity index (χ4v) is 1.65. The van der Waals surface area contributed by atoms with Gasteiger partial charge in [0.05, 0.1) is 19.6 Å². The standard InChI is InChI=1S/C14H22N2O3/c1-3-18-8-7-14(17)16-12-5-6-13(19-4-2)11(9-12)10-15/h5-6,9H,3-4,7-8,10,15H2,1-2H3,(H,16,17). The molecule has 5 nitrogen and oxygen atoms in total. The lowest BCUT2D eigenvalue weighted by Crippen LogP contribution is -2.14. The van der Waals surface area contributed by atoms with Crippen LogP contribution in [-0.4, -0.2) is 25.7 Å². The first-order valence-electron chi connectivity index (χ1n) is 6.54. The van der Waals surface area contributed by atoms with Crippen LogP contribution in [0.5, 0.6) is 5.75 Å². The van der Waals surface area contributed by atoms with Crippen LogP contribution in [0, 0.1) is 0 Å². The Morgan fingerprint density at radius 2 is 2.11 bits per heavy atom. The molecule has 0 heterocycles. The Morgan fingerprint density at radius 1 is 1.32 bits per heavy atom. The van der Waals surface area contributed by atoms with Crippen LogP contribution in [0.25, 0.3) is 0 Å². The Kier molecular flexibility index (Phi) is 6.92. The molecule has 19 heavy (non-hydrogen) atoms. The molecule has 0 aromatic heterocycles.